The number of aryl methyl sites for hydroxylation is 2. The van der Waals surface area contributed by atoms with E-state index >= 15 is 0 Å². The lowest BCUT2D eigenvalue weighted by Crippen LogP contribution is -2.54. The van der Waals surface area contributed by atoms with E-state index in [0.29, 0.717) is 17.5 Å². The summed E-state index contributed by atoms with van der Waals surface area (Å²) in [5.74, 6) is 0.919. The van der Waals surface area contributed by atoms with Crippen molar-refractivity contribution in [3.05, 3.63) is 114 Å². The van der Waals surface area contributed by atoms with Gasteiger partial charge in [0.15, 0.2) is 29.7 Å². The van der Waals surface area contributed by atoms with Gasteiger partial charge in [0, 0.05) is 45.8 Å². The van der Waals surface area contributed by atoms with Gasteiger partial charge in [-0.3, -0.25) is 0 Å². The van der Waals surface area contributed by atoms with Crippen LogP contribution in [0.2, 0.25) is 19.6 Å². The van der Waals surface area contributed by atoms with Crippen LogP contribution < -0.4 is 14.3 Å². The third-order valence-electron chi connectivity index (χ3n) is 11.4. The van der Waals surface area contributed by atoms with Crippen molar-refractivity contribution >= 4 is 41.0 Å². The van der Waals surface area contributed by atoms with E-state index in [1.807, 2.05) is 6.92 Å². The summed E-state index contributed by atoms with van der Waals surface area (Å²) in [4.78, 5) is 4.79. The van der Waals surface area contributed by atoms with Crippen LogP contribution in [0.1, 0.15) is 87.4 Å². The second kappa shape index (κ2) is 12.1. The molecule has 0 fully saturated rings. The van der Waals surface area contributed by atoms with Crippen LogP contribution in [0.5, 0.6) is 0 Å². The van der Waals surface area contributed by atoms with E-state index in [4.69, 9.17) is 16.0 Å². The lowest BCUT2D eigenvalue weighted by molar-refractivity contribution is -0.719. The van der Waals surface area contributed by atoms with Gasteiger partial charge in [-0.15, -0.1) is 0 Å². The summed E-state index contributed by atoms with van der Waals surface area (Å²) >= 11 is 0. The number of rotatable bonds is 3. The molecule has 0 amide bonds. The Balaban J connectivity index is 1.37. The SMILES string of the molecule is C=C1CC2C(CCc3ccc4c(oc5nc(C)ccc54)c3-c3cccc[n+]31)c1ccc(C(C)(C)C)cc1-c1cc(CC(C)C)c([Si](C)(C)C)c[n+]12. The fourth-order valence-corrected chi connectivity index (χ4v) is 10.5. The number of nitrogens with zero attached hydrogens (tertiary/aromatic N) is 3. The van der Waals surface area contributed by atoms with Crippen LogP contribution in [0.4, 0.5) is 0 Å². The standard InChI is InChI=1S/C46H53N3OSi/c1-28(2)23-32-25-41-38-26-33(46(5,6)7)17-21-34(38)35-19-15-31-16-20-36-37-18-14-29(3)47-45(37)50-44(36)43(31)39-13-11-12-22-48(39)30(4)24-40(35)49(41)27-42(32)51(8,9)10/h11-14,16-18,20-22,25-28,35,40H,4,15,19,23-24H2,1-3,5-10H3/q+2. The van der Waals surface area contributed by atoms with Crippen molar-refractivity contribution < 1.29 is 13.6 Å². The van der Waals surface area contributed by atoms with Gasteiger partial charge in [-0.1, -0.05) is 78.5 Å². The predicted octanol–water partition coefficient (Wildman–Crippen LogP) is 10.4. The molecule has 260 valence electrons. The highest BCUT2D eigenvalue weighted by Crippen LogP contribution is 2.46. The molecule has 2 unspecified atom stereocenters. The molecule has 2 aliphatic heterocycles. The fourth-order valence-electron chi connectivity index (χ4n) is 8.86. The van der Waals surface area contributed by atoms with Crippen LogP contribution in [0.25, 0.3) is 50.3 Å². The summed E-state index contributed by atoms with van der Waals surface area (Å²) in [6.07, 6.45) is 8.73. The van der Waals surface area contributed by atoms with Gasteiger partial charge in [0.25, 0.3) is 0 Å². The van der Waals surface area contributed by atoms with E-state index in [2.05, 4.69) is 143 Å². The van der Waals surface area contributed by atoms with Gasteiger partial charge < -0.3 is 4.42 Å². The maximum absolute atomic E-state index is 6.68. The van der Waals surface area contributed by atoms with Gasteiger partial charge >= 0.3 is 0 Å². The summed E-state index contributed by atoms with van der Waals surface area (Å²) in [6, 6.07) is 25.6. The molecule has 6 aromatic rings. The number of hydrogen-bond donors (Lipinski definition) is 0. The molecule has 4 nitrogen and oxygen atoms in total. The van der Waals surface area contributed by atoms with Gasteiger partial charge in [-0.2, -0.15) is 9.13 Å². The highest BCUT2D eigenvalue weighted by molar-refractivity contribution is 6.89. The Morgan fingerprint density at radius 2 is 1.75 bits per heavy atom. The van der Waals surface area contributed by atoms with E-state index in [1.54, 1.807) is 5.19 Å². The molecule has 2 atom stereocenters. The molecule has 4 aromatic heterocycles. The van der Waals surface area contributed by atoms with Crippen molar-refractivity contribution in [2.24, 2.45) is 5.92 Å². The number of aromatic nitrogens is 3. The lowest BCUT2D eigenvalue weighted by Gasteiger charge is -2.34. The highest BCUT2D eigenvalue weighted by Gasteiger charge is 2.44. The highest BCUT2D eigenvalue weighted by atomic mass is 28.3. The number of pyridine rings is 3. The van der Waals surface area contributed by atoms with E-state index in [1.165, 1.54) is 33.5 Å². The maximum Gasteiger partial charge on any atom is 0.227 e. The summed E-state index contributed by atoms with van der Waals surface area (Å²) in [5.41, 5.74) is 14.5. The monoisotopic (exact) mass is 691 g/mol. The third-order valence-corrected chi connectivity index (χ3v) is 13.5. The molecule has 2 aromatic carbocycles. The Kier molecular flexibility index (Phi) is 8.03. The minimum absolute atomic E-state index is 0.0605. The van der Waals surface area contributed by atoms with Gasteiger partial charge in [0.2, 0.25) is 17.1 Å². The zero-order valence-corrected chi connectivity index (χ0v) is 33.0. The van der Waals surface area contributed by atoms with Crippen molar-refractivity contribution in [3.8, 4) is 22.5 Å². The van der Waals surface area contributed by atoms with E-state index in [-0.39, 0.29) is 11.5 Å². The third kappa shape index (κ3) is 5.78. The fraction of sp³-hybridized carbons (Fsp3) is 0.370. The Morgan fingerprint density at radius 3 is 2.49 bits per heavy atom. The number of allylic oxidation sites excluding steroid dienone is 1. The quantitative estimate of drug-likeness (QED) is 0.137. The van der Waals surface area contributed by atoms with Crippen molar-refractivity contribution in [2.75, 3.05) is 0 Å². The summed E-state index contributed by atoms with van der Waals surface area (Å²) in [6.45, 7) is 26.1. The second-order valence-electron chi connectivity index (χ2n) is 17.7. The summed E-state index contributed by atoms with van der Waals surface area (Å²) in [7, 11) is -1.66. The Hall–Kier alpha value is -4.35. The predicted molar refractivity (Wildman–Crippen MR) is 214 cm³/mol. The minimum atomic E-state index is -1.66. The van der Waals surface area contributed by atoms with E-state index < -0.39 is 8.07 Å². The van der Waals surface area contributed by atoms with Crippen molar-refractivity contribution in [1.82, 2.24) is 4.98 Å². The molecule has 51 heavy (non-hydrogen) atoms. The van der Waals surface area contributed by atoms with Crippen LogP contribution in [-0.4, -0.2) is 13.1 Å². The zero-order valence-electron chi connectivity index (χ0n) is 32.0. The van der Waals surface area contributed by atoms with Gasteiger partial charge in [-0.25, -0.2) is 4.98 Å². The molecule has 0 saturated heterocycles. The first kappa shape index (κ1) is 33.8. The molecule has 6 heterocycles. The zero-order chi connectivity index (χ0) is 36.0. The molecule has 0 radical (unpaired) electrons. The van der Waals surface area contributed by atoms with Crippen LogP contribution in [-0.2, 0) is 18.3 Å². The molecule has 0 bridgehead atoms. The first-order chi connectivity index (χ1) is 24.2. The van der Waals surface area contributed by atoms with Gasteiger partial charge in [-0.05, 0) is 90.6 Å². The average Bonchev–Trinajstić information content (AvgIpc) is 3.43. The van der Waals surface area contributed by atoms with Crippen LogP contribution in [0, 0.1) is 12.8 Å². The van der Waals surface area contributed by atoms with Crippen LogP contribution in [0.3, 0.4) is 0 Å². The first-order valence-corrected chi connectivity index (χ1v) is 22.4. The molecule has 8 rings (SSSR count). The topological polar surface area (TPSA) is 33.8 Å². The molecule has 0 saturated carbocycles. The maximum atomic E-state index is 6.68. The summed E-state index contributed by atoms with van der Waals surface area (Å²) in [5, 5.41) is 3.77. The van der Waals surface area contributed by atoms with Crippen LogP contribution >= 0.6 is 0 Å². The lowest BCUT2D eigenvalue weighted by atomic mass is 9.75. The first-order valence-electron chi connectivity index (χ1n) is 18.9. The number of fused-ring (bicyclic) bond motifs is 13. The second-order valence-corrected chi connectivity index (χ2v) is 22.8. The normalized spacial score (nSPS) is 17.6. The van der Waals surface area contributed by atoms with Gasteiger partial charge in [0.1, 0.15) is 0 Å². The molecule has 0 N–H and O–H groups in total. The van der Waals surface area contributed by atoms with Crippen molar-refractivity contribution in [2.45, 2.75) is 104 Å². The number of furan rings is 1. The minimum Gasteiger partial charge on any atom is -0.437 e. The number of benzene rings is 2. The molecular formula is C46H53N3OSi+2. The van der Waals surface area contributed by atoms with E-state index in [0.717, 1.165) is 64.7 Å². The Bertz CT molecular complexity index is 2370. The summed E-state index contributed by atoms with van der Waals surface area (Å²) < 4.78 is 11.7. The van der Waals surface area contributed by atoms with E-state index in [9.17, 15) is 0 Å². The van der Waals surface area contributed by atoms with Crippen molar-refractivity contribution in [1.29, 1.82) is 0 Å². The van der Waals surface area contributed by atoms with Crippen LogP contribution in [0.15, 0.2) is 90.1 Å². The molecule has 0 spiro atoms. The molecule has 0 aliphatic carbocycles. The van der Waals surface area contributed by atoms with Gasteiger partial charge in [0.05, 0.1) is 25.6 Å². The smallest absolute Gasteiger partial charge is 0.227 e. The largest absolute Gasteiger partial charge is 0.437 e. The molecular weight excluding hydrogens is 639 g/mol. The Morgan fingerprint density at radius 1 is 0.961 bits per heavy atom. The average molecular weight is 692 g/mol. The molecule has 5 heteroatoms. The Labute approximate surface area is 304 Å². The molecule has 2 aliphatic rings. The number of hydrogen-bond acceptors (Lipinski definition) is 2. The van der Waals surface area contributed by atoms with Crippen molar-refractivity contribution in [3.63, 3.8) is 0 Å².